The molecule has 0 saturated heterocycles. The molecule has 1 fully saturated rings. The average Bonchev–Trinajstić information content (AvgIpc) is 3.27. The second-order valence-electron chi connectivity index (χ2n) is 6.48. The summed E-state index contributed by atoms with van der Waals surface area (Å²) >= 11 is 0. The van der Waals surface area contributed by atoms with Crippen LogP contribution in [0.3, 0.4) is 0 Å². The van der Waals surface area contributed by atoms with Crippen LogP contribution in [0.25, 0.3) is 0 Å². The minimum absolute atomic E-state index is 0.106. The van der Waals surface area contributed by atoms with Gasteiger partial charge in [-0.2, -0.15) is 0 Å². The third-order valence-corrected chi connectivity index (χ3v) is 4.71. The Morgan fingerprint density at radius 2 is 2.00 bits per heavy atom. The van der Waals surface area contributed by atoms with Gasteiger partial charge in [0.2, 0.25) is 0 Å². The number of hydrogen-bond acceptors (Lipinski definition) is 2. The minimum Gasteiger partial charge on any atom is -0.466 e. The van der Waals surface area contributed by atoms with E-state index in [1.54, 1.807) is 13.1 Å². The van der Waals surface area contributed by atoms with E-state index in [2.05, 4.69) is 15.6 Å². The molecule has 1 aliphatic carbocycles. The standard InChI is InChI=1S/C19H24FN3O/c1-13-10-15(14(2)24-13)11-22-18(21-3)23-12-19(8-9-19)16-6-4-5-7-17(16)20/h4-7,10H,8-9,11-12H2,1-3H3,(H2,21,22,23). The van der Waals surface area contributed by atoms with Gasteiger partial charge in [-0.1, -0.05) is 18.2 Å². The van der Waals surface area contributed by atoms with Crippen molar-refractivity contribution in [2.45, 2.75) is 38.6 Å². The van der Waals surface area contributed by atoms with Crippen LogP contribution in [0.1, 0.15) is 35.5 Å². The van der Waals surface area contributed by atoms with Crippen molar-refractivity contribution in [2.24, 2.45) is 4.99 Å². The normalized spacial score (nSPS) is 16.1. The maximum absolute atomic E-state index is 14.1. The van der Waals surface area contributed by atoms with Crippen LogP contribution < -0.4 is 10.6 Å². The van der Waals surface area contributed by atoms with Crippen molar-refractivity contribution in [3.63, 3.8) is 0 Å². The van der Waals surface area contributed by atoms with Gasteiger partial charge in [0, 0.05) is 31.1 Å². The smallest absolute Gasteiger partial charge is 0.191 e. The molecule has 3 rings (SSSR count). The summed E-state index contributed by atoms with van der Waals surface area (Å²) in [4.78, 5) is 4.26. The Morgan fingerprint density at radius 3 is 2.58 bits per heavy atom. The van der Waals surface area contributed by atoms with Crippen LogP contribution in [0, 0.1) is 19.7 Å². The summed E-state index contributed by atoms with van der Waals surface area (Å²) in [6.07, 6.45) is 2.00. The molecule has 0 unspecified atom stereocenters. The molecule has 1 aliphatic rings. The number of nitrogens with zero attached hydrogens (tertiary/aromatic N) is 1. The number of hydrogen-bond donors (Lipinski definition) is 2. The van der Waals surface area contributed by atoms with E-state index in [4.69, 9.17) is 4.42 Å². The zero-order valence-electron chi connectivity index (χ0n) is 14.4. The first-order valence-corrected chi connectivity index (χ1v) is 8.29. The van der Waals surface area contributed by atoms with E-state index in [0.717, 1.165) is 41.4 Å². The van der Waals surface area contributed by atoms with Crippen LogP contribution in [0.15, 0.2) is 39.7 Å². The molecule has 128 valence electrons. The highest BCUT2D eigenvalue weighted by Crippen LogP contribution is 2.48. The summed E-state index contributed by atoms with van der Waals surface area (Å²) < 4.78 is 19.6. The van der Waals surface area contributed by atoms with Gasteiger partial charge in [-0.25, -0.2) is 4.39 Å². The van der Waals surface area contributed by atoms with E-state index in [1.165, 1.54) is 6.07 Å². The van der Waals surface area contributed by atoms with Crippen LogP contribution in [0.5, 0.6) is 0 Å². The second-order valence-corrected chi connectivity index (χ2v) is 6.48. The number of guanidine groups is 1. The monoisotopic (exact) mass is 329 g/mol. The first-order valence-electron chi connectivity index (χ1n) is 8.29. The summed E-state index contributed by atoms with van der Waals surface area (Å²) in [5.41, 5.74) is 1.81. The van der Waals surface area contributed by atoms with Gasteiger partial charge in [-0.3, -0.25) is 4.99 Å². The molecule has 1 aromatic carbocycles. The van der Waals surface area contributed by atoms with Gasteiger partial charge in [-0.15, -0.1) is 0 Å². The quantitative estimate of drug-likeness (QED) is 0.653. The first-order chi connectivity index (χ1) is 11.5. The number of aryl methyl sites for hydroxylation is 2. The molecule has 24 heavy (non-hydrogen) atoms. The zero-order valence-corrected chi connectivity index (χ0v) is 14.4. The Kier molecular flexibility index (Phi) is 4.60. The Labute approximate surface area is 142 Å². The van der Waals surface area contributed by atoms with Crippen LogP contribution in [-0.4, -0.2) is 19.6 Å². The van der Waals surface area contributed by atoms with Gasteiger partial charge >= 0.3 is 0 Å². The summed E-state index contributed by atoms with van der Waals surface area (Å²) in [5.74, 6) is 2.42. The van der Waals surface area contributed by atoms with E-state index in [0.29, 0.717) is 13.1 Å². The molecule has 2 aromatic rings. The number of nitrogens with one attached hydrogen (secondary N) is 2. The Bertz CT molecular complexity index is 747. The lowest BCUT2D eigenvalue weighted by Crippen LogP contribution is -2.41. The lowest BCUT2D eigenvalue weighted by molar-refractivity contribution is 0.500. The third-order valence-electron chi connectivity index (χ3n) is 4.71. The lowest BCUT2D eigenvalue weighted by Gasteiger charge is -2.19. The largest absolute Gasteiger partial charge is 0.466 e. The topological polar surface area (TPSA) is 49.6 Å². The molecule has 5 heteroatoms. The summed E-state index contributed by atoms with van der Waals surface area (Å²) in [6, 6.07) is 9.08. The summed E-state index contributed by atoms with van der Waals surface area (Å²) in [7, 11) is 1.74. The molecule has 1 saturated carbocycles. The fraction of sp³-hybridized carbons (Fsp3) is 0.421. The fourth-order valence-corrected chi connectivity index (χ4v) is 3.09. The van der Waals surface area contributed by atoms with Crippen molar-refractivity contribution >= 4 is 5.96 Å². The second kappa shape index (κ2) is 6.67. The predicted octanol–water partition coefficient (Wildman–Crippen LogP) is 3.43. The fourth-order valence-electron chi connectivity index (χ4n) is 3.09. The number of aliphatic imine (C=N–C) groups is 1. The molecule has 0 amide bonds. The maximum atomic E-state index is 14.1. The highest BCUT2D eigenvalue weighted by molar-refractivity contribution is 5.79. The number of benzene rings is 1. The van der Waals surface area contributed by atoms with Crippen LogP contribution >= 0.6 is 0 Å². The highest BCUT2D eigenvalue weighted by Gasteiger charge is 2.45. The van der Waals surface area contributed by atoms with Gasteiger partial charge < -0.3 is 15.1 Å². The molecule has 0 atom stereocenters. The van der Waals surface area contributed by atoms with Gasteiger partial charge in [0.1, 0.15) is 17.3 Å². The number of rotatable bonds is 5. The van der Waals surface area contributed by atoms with Crippen molar-refractivity contribution in [3.8, 4) is 0 Å². The summed E-state index contributed by atoms with van der Waals surface area (Å²) in [5, 5.41) is 6.63. The van der Waals surface area contributed by atoms with Gasteiger partial charge in [-0.05, 0) is 44.4 Å². The van der Waals surface area contributed by atoms with E-state index < -0.39 is 0 Å². The van der Waals surface area contributed by atoms with Crippen LogP contribution in [0.2, 0.25) is 0 Å². The van der Waals surface area contributed by atoms with Crippen LogP contribution in [0.4, 0.5) is 4.39 Å². The van der Waals surface area contributed by atoms with Gasteiger partial charge in [0.25, 0.3) is 0 Å². The Hall–Kier alpha value is -2.30. The van der Waals surface area contributed by atoms with Gasteiger partial charge in [0.15, 0.2) is 5.96 Å². The van der Waals surface area contributed by atoms with Gasteiger partial charge in [0.05, 0.1) is 0 Å². The lowest BCUT2D eigenvalue weighted by atomic mass is 9.95. The number of halogens is 1. The zero-order chi connectivity index (χ0) is 17.2. The third kappa shape index (κ3) is 3.45. The van der Waals surface area contributed by atoms with Crippen molar-refractivity contribution in [1.82, 2.24) is 10.6 Å². The Balaban J connectivity index is 1.59. The van der Waals surface area contributed by atoms with Crippen molar-refractivity contribution in [2.75, 3.05) is 13.6 Å². The van der Waals surface area contributed by atoms with Crippen molar-refractivity contribution in [3.05, 3.63) is 58.8 Å². The molecule has 0 radical (unpaired) electrons. The van der Waals surface area contributed by atoms with Crippen molar-refractivity contribution in [1.29, 1.82) is 0 Å². The molecule has 1 heterocycles. The predicted molar refractivity (Wildman–Crippen MR) is 93.7 cm³/mol. The van der Waals surface area contributed by atoms with E-state index in [1.807, 2.05) is 32.0 Å². The first kappa shape index (κ1) is 16.6. The molecule has 4 nitrogen and oxygen atoms in total. The number of furan rings is 1. The molecular weight excluding hydrogens is 305 g/mol. The molecule has 0 bridgehead atoms. The average molecular weight is 329 g/mol. The maximum Gasteiger partial charge on any atom is 0.191 e. The summed E-state index contributed by atoms with van der Waals surface area (Å²) in [6.45, 7) is 5.22. The van der Waals surface area contributed by atoms with Crippen LogP contribution in [-0.2, 0) is 12.0 Å². The molecule has 0 aliphatic heterocycles. The van der Waals surface area contributed by atoms with E-state index in [9.17, 15) is 4.39 Å². The Morgan fingerprint density at radius 1 is 1.25 bits per heavy atom. The molecule has 0 spiro atoms. The van der Waals surface area contributed by atoms with E-state index >= 15 is 0 Å². The van der Waals surface area contributed by atoms with Crippen molar-refractivity contribution < 1.29 is 8.81 Å². The minimum atomic E-state index is -0.121. The van der Waals surface area contributed by atoms with E-state index in [-0.39, 0.29) is 11.2 Å². The highest BCUT2D eigenvalue weighted by atomic mass is 19.1. The molecule has 1 aromatic heterocycles. The SMILES string of the molecule is CN=C(NCc1cc(C)oc1C)NCC1(c2ccccc2F)CC1. The molecular formula is C19H24FN3O. The molecule has 2 N–H and O–H groups in total.